The van der Waals surface area contributed by atoms with Gasteiger partial charge in [-0.2, -0.15) is 11.8 Å². The molecule has 10 heteroatoms. The van der Waals surface area contributed by atoms with Crippen LogP contribution in [0.15, 0.2) is 60.7 Å². The van der Waals surface area contributed by atoms with Crippen LogP contribution in [0.2, 0.25) is 0 Å². The van der Waals surface area contributed by atoms with E-state index in [9.17, 15) is 19.2 Å². The van der Waals surface area contributed by atoms with E-state index in [2.05, 4.69) is 61.0 Å². The summed E-state index contributed by atoms with van der Waals surface area (Å²) in [7, 11) is 0. The standard InChI is InChI=1S/C37H46N4O5S/c1-21(2)15-32(34(38)42)40-36(44)33(20-47-19-31-23(4)16-22(3)17-24(31)5)41-35(43)25(6)39-37(45)46-18-30-28-13-9-7-11-26(28)27-12-8-10-14-29(27)30/h7-14,16-17,21,25,30,32-33H,15,18-20H2,1-6H3,(H2,38,42)(H,39,45)(H,40,44)(H,41,43)/t25-,32-,33-/m0/s1. The lowest BCUT2D eigenvalue weighted by molar-refractivity contribution is -0.131. The third kappa shape index (κ3) is 9.16. The molecule has 4 amide bonds. The number of benzene rings is 3. The van der Waals surface area contributed by atoms with Gasteiger partial charge < -0.3 is 26.4 Å². The van der Waals surface area contributed by atoms with Gasteiger partial charge in [-0.1, -0.05) is 80.1 Å². The number of aryl methyl sites for hydroxylation is 3. The maximum Gasteiger partial charge on any atom is 0.407 e. The molecular formula is C37H46N4O5S. The molecule has 0 aliphatic heterocycles. The highest BCUT2D eigenvalue weighted by Gasteiger charge is 2.31. The molecule has 250 valence electrons. The molecule has 3 atom stereocenters. The van der Waals surface area contributed by atoms with Crippen molar-refractivity contribution < 1.29 is 23.9 Å². The van der Waals surface area contributed by atoms with Crippen LogP contribution in [0.1, 0.15) is 66.5 Å². The normalized spacial score (nSPS) is 14.0. The topological polar surface area (TPSA) is 140 Å². The average molecular weight is 659 g/mol. The summed E-state index contributed by atoms with van der Waals surface area (Å²) in [6.45, 7) is 11.7. The number of hydrogen-bond acceptors (Lipinski definition) is 6. The van der Waals surface area contributed by atoms with Gasteiger partial charge in [0.2, 0.25) is 17.7 Å². The molecule has 47 heavy (non-hydrogen) atoms. The predicted molar refractivity (Wildman–Crippen MR) is 187 cm³/mol. The number of rotatable bonds is 14. The molecule has 5 N–H and O–H groups in total. The Kier molecular flexibility index (Phi) is 12.1. The first-order chi connectivity index (χ1) is 22.3. The van der Waals surface area contributed by atoms with Crippen molar-refractivity contribution in [2.45, 2.75) is 77.8 Å². The van der Waals surface area contributed by atoms with Crippen molar-refractivity contribution in [1.29, 1.82) is 0 Å². The lowest BCUT2D eigenvalue weighted by atomic mass is 9.98. The first kappa shape index (κ1) is 35.5. The molecule has 0 aromatic heterocycles. The summed E-state index contributed by atoms with van der Waals surface area (Å²) in [5.41, 5.74) is 14.7. The van der Waals surface area contributed by atoms with Crippen LogP contribution in [0, 0.1) is 26.7 Å². The Morgan fingerprint density at radius 1 is 0.809 bits per heavy atom. The van der Waals surface area contributed by atoms with Gasteiger partial charge in [-0.25, -0.2) is 4.79 Å². The lowest BCUT2D eigenvalue weighted by Crippen LogP contribution is -2.57. The molecule has 3 aromatic carbocycles. The Morgan fingerprint density at radius 3 is 1.91 bits per heavy atom. The van der Waals surface area contributed by atoms with Gasteiger partial charge in [-0.05, 0) is 79.0 Å². The van der Waals surface area contributed by atoms with E-state index in [1.807, 2.05) is 50.2 Å². The van der Waals surface area contributed by atoms with Gasteiger partial charge in [0.05, 0.1) is 0 Å². The fraction of sp³-hybridized carbons (Fsp3) is 0.405. The Morgan fingerprint density at radius 2 is 1.36 bits per heavy atom. The summed E-state index contributed by atoms with van der Waals surface area (Å²) < 4.78 is 5.61. The summed E-state index contributed by atoms with van der Waals surface area (Å²) in [6.07, 6.45) is -0.364. The second-order valence-corrected chi connectivity index (χ2v) is 13.8. The van der Waals surface area contributed by atoms with Crippen LogP contribution in [0.3, 0.4) is 0 Å². The number of alkyl carbamates (subject to hydrolysis) is 1. The summed E-state index contributed by atoms with van der Waals surface area (Å²) in [5, 5.41) is 8.10. The molecule has 0 radical (unpaired) electrons. The number of nitrogens with two attached hydrogens (primary N) is 1. The average Bonchev–Trinajstić information content (AvgIpc) is 3.33. The second-order valence-electron chi connectivity index (χ2n) is 12.7. The minimum atomic E-state index is -0.991. The molecular weight excluding hydrogens is 612 g/mol. The Hall–Kier alpha value is -4.31. The maximum absolute atomic E-state index is 13.4. The highest BCUT2D eigenvalue weighted by atomic mass is 32.2. The largest absolute Gasteiger partial charge is 0.449 e. The number of carbonyl (C=O) groups is 4. The molecule has 0 saturated heterocycles. The number of amides is 4. The smallest absolute Gasteiger partial charge is 0.407 e. The quantitative estimate of drug-likeness (QED) is 0.186. The van der Waals surface area contributed by atoms with Crippen molar-refractivity contribution >= 4 is 35.6 Å². The van der Waals surface area contributed by atoms with Crippen LogP contribution in [-0.4, -0.2) is 54.3 Å². The number of fused-ring (bicyclic) bond motifs is 3. The van der Waals surface area contributed by atoms with Crippen LogP contribution < -0.4 is 21.7 Å². The van der Waals surface area contributed by atoms with E-state index in [0.717, 1.165) is 33.4 Å². The van der Waals surface area contributed by atoms with Crippen molar-refractivity contribution in [3.63, 3.8) is 0 Å². The maximum atomic E-state index is 13.4. The molecule has 1 aliphatic carbocycles. The van der Waals surface area contributed by atoms with E-state index in [1.165, 1.54) is 29.8 Å². The zero-order chi connectivity index (χ0) is 34.2. The number of nitrogens with one attached hydrogen (secondary N) is 3. The van der Waals surface area contributed by atoms with E-state index < -0.39 is 41.9 Å². The number of carbonyl (C=O) groups excluding carboxylic acids is 4. The molecule has 1 aliphatic rings. The molecule has 3 aromatic rings. The SMILES string of the molecule is Cc1cc(C)c(CSC[C@H](NC(=O)[C@H](C)NC(=O)OCC2c3ccccc3-c3ccccc32)C(=O)N[C@@H](CC(C)C)C(N)=O)c(C)c1. The number of primary amides is 1. The van der Waals surface area contributed by atoms with Gasteiger partial charge in [0.25, 0.3) is 0 Å². The fourth-order valence-electron chi connectivity index (χ4n) is 6.07. The van der Waals surface area contributed by atoms with Crippen molar-refractivity contribution in [3.05, 3.63) is 94.0 Å². The first-order valence-electron chi connectivity index (χ1n) is 16.0. The summed E-state index contributed by atoms with van der Waals surface area (Å²) >= 11 is 1.50. The molecule has 0 unspecified atom stereocenters. The van der Waals surface area contributed by atoms with E-state index in [0.29, 0.717) is 12.2 Å². The number of ether oxygens (including phenoxy) is 1. The van der Waals surface area contributed by atoms with Gasteiger partial charge in [-0.15, -0.1) is 0 Å². The molecule has 0 bridgehead atoms. The Labute approximate surface area is 281 Å². The minimum absolute atomic E-state index is 0.109. The van der Waals surface area contributed by atoms with Crippen molar-refractivity contribution in [1.82, 2.24) is 16.0 Å². The van der Waals surface area contributed by atoms with Crippen LogP contribution >= 0.6 is 11.8 Å². The lowest BCUT2D eigenvalue weighted by Gasteiger charge is -2.24. The second kappa shape index (κ2) is 16.0. The van der Waals surface area contributed by atoms with Crippen molar-refractivity contribution in [3.8, 4) is 11.1 Å². The van der Waals surface area contributed by atoms with E-state index in [1.54, 1.807) is 0 Å². The van der Waals surface area contributed by atoms with E-state index in [4.69, 9.17) is 10.5 Å². The van der Waals surface area contributed by atoms with Crippen LogP contribution in [0.4, 0.5) is 4.79 Å². The molecule has 9 nitrogen and oxygen atoms in total. The fourth-order valence-corrected chi connectivity index (χ4v) is 7.32. The minimum Gasteiger partial charge on any atom is -0.449 e. The summed E-state index contributed by atoms with van der Waals surface area (Å²) in [5.74, 6) is -0.828. The van der Waals surface area contributed by atoms with E-state index in [-0.39, 0.29) is 24.2 Å². The predicted octanol–water partition coefficient (Wildman–Crippen LogP) is 5.27. The molecule has 0 fully saturated rings. The van der Waals surface area contributed by atoms with Crippen LogP contribution in [0.25, 0.3) is 11.1 Å². The first-order valence-corrected chi connectivity index (χ1v) is 17.2. The molecule has 0 heterocycles. The van der Waals surface area contributed by atoms with Gasteiger partial charge >= 0.3 is 6.09 Å². The highest BCUT2D eigenvalue weighted by molar-refractivity contribution is 7.98. The number of thioether (sulfide) groups is 1. The van der Waals surface area contributed by atoms with Gasteiger partial charge in [0.1, 0.15) is 24.7 Å². The van der Waals surface area contributed by atoms with Gasteiger partial charge in [0, 0.05) is 17.4 Å². The zero-order valence-electron chi connectivity index (χ0n) is 28.0. The highest BCUT2D eigenvalue weighted by Crippen LogP contribution is 2.44. The Balaban J connectivity index is 1.39. The van der Waals surface area contributed by atoms with Crippen LogP contribution in [0.5, 0.6) is 0 Å². The van der Waals surface area contributed by atoms with Crippen LogP contribution in [-0.2, 0) is 24.9 Å². The van der Waals surface area contributed by atoms with Gasteiger partial charge in [0.15, 0.2) is 0 Å². The van der Waals surface area contributed by atoms with E-state index >= 15 is 0 Å². The zero-order valence-corrected chi connectivity index (χ0v) is 28.8. The molecule has 4 rings (SSSR count). The molecule has 0 spiro atoms. The Bertz CT molecular complexity index is 1560. The van der Waals surface area contributed by atoms with Crippen molar-refractivity contribution in [2.75, 3.05) is 12.4 Å². The molecule has 0 saturated carbocycles. The van der Waals surface area contributed by atoms with Crippen molar-refractivity contribution in [2.24, 2.45) is 11.7 Å². The third-order valence-corrected chi connectivity index (χ3v) is 9.50. The summed E-state index contributed by atoms with van der Waals surface area (Å²) in [4.78, 5) is 51.7. The number of hydrogen-bond donors (Lipinski definition) is 4. The van der Waals surface area contributed by atoms with Gasteiger partial charge in [-0.3, -0.25) is 14.4 Å². The monoisotopic (exact) mass is 658 g/mol. The third-order valence-electron chi connectivity index (χ3n) is 8.44. The summed E-state index contributed by atoms with van der Waals surface area (Å²) in [6, 6.07) is 17.5.